The first-order valence-electron chi connectivity index (χ1n) is 39.4. The first kappa shape index (κ1) is 99.0. The van der Waals surface area contributed by atoms with E-state index in [1.807, 2.05) is 36.4 Å². The number of aromatic nitrogens is 2. The van der Waals surface area contributed by atoms with Crippen LogP contribution >= 0.6 is 0 Å². The van der Waals surface area contributed by atoms with E-state index >= 15 is 0 Å². The zero-order valence-electron chi connectivity index (χ0n) is 69.1. The molecule has 2 aromatic heterocycles. The summed E-state index contributed by atoms with van der Waals surface area (Å²) in [4.78, 5) is 49.2. The molecular weight excluding hydrogens is 1700 g/mol. The van der Waals surface area contributed by atoms with Gasteiger partial charge in [0, 0.05) is 24.3 Å². The second-order valence-corrected chi connectivity index (χ2v) is 29.0. The molecule has 0 aliphatic carbocycles. The molecule has 0 N–H and O–H groups in total. The second-order valence-electron chi connectivity index (χ2n) is 26.3. The van der Waals surface area contributed by atoms with E-state index in [4.69, 9.17) is 102 Å². The van der Waals surface area contributed by atoms with E-state index < -0.39 is 55.1 Å². The molecule has 0 saturated carbocycles. The van der Waals surface area contributed by atoms with Crippen LogP contribution in [0.3, 0.4) is 0 Å². The number of ether oxygens (including phenoxy) is 16. The maximum atomic E-state index is 12.3. The van der Waals surface area contributed by atoms with Crippen molar-refractivity contribution in [1.29, 1.82) is 0 Å². The molecule has 1 aliphatic rings. The van der Waals surface area contributed by atoms with Gasteiger partial charge in [-0.25, -0.2) is 36.0 Å². The number of hydrogen-bond acceptors (Lipinski definition) is 26. The zero-order valence-corrected chi connectivity index (χ0v) is 70.7. The van der Waals surface area contributed by atoms with Crippen molar-refractivity contribution in [2.24, 2.45) is 0 Å². The summed E-state index contributed by atoms with van der Waals surface area (Å²) in [6.07, 6.45) is 8.62. The monoisotopic (exact) mass is 1800 g/mol. The number of nitrogens with zero attached hydrogens (tertiary/aromatic N) is 2. The number of carbonyl (C=O) groups excluding carboxylic acids is 4. The van der Waals surface area contributed by atoms with Crippen molar-refractivity contribution >= 4 is 44.1 Å². The summed E-state index contributed by atoms with van der Waals surface area (Å²) in [5, 5.41) is 0. The van der Waals surface area contributed by atoms with Crippen molar-refractivity contribution in [3.05, 3.63) is 276 Å². The number of esters is 4. The number of carbonyl (C=O) groups is 4. The maximum Gasteiger partial charge on any atom is 0.485 e. The van der Waals surface area contributed by atoms with Crippen LogP contribution in [-0.4, -0.2) is 167 Å². The Morgan fingerprint density at radius 1 is 0.317 bits per heavy atom. The Morgan fingerprint density at radius 2 is 0.516 bits per heavy atom. The molecule has 0 bridgehead atoms. The fraction of sp³-hybridized carbons (Fsp3) is 0.311. The van der Waals surface area contributed by atoms with Crippen molar-refractivity contribution in [3.63, 3.8) is 0 Å². The van der Waals surface area contributed by atoms with Gasteiger partial charge in [0.05, 0.1) is 102 Å². The van der Waals surface area contributed by atoms with E-state index in [0.29, 0.717) is 68.2 Å². The first-order chi connectivity index (χ1) is 60.5. The molecule has 0 radical (unpaired) electrons. The largest absolute Gasteiger partial charge is 0.741 e. The van der Waals surface area contributed by atoms with E-state index in [-0.39, 0.29) is 132 Å². The quantitative estimate of drug-likeness (QED) is 0.0128. The molecule has 36 heteroatoms. The third kappa shape index (κ3) is 33.9. The Labute approximate surface area is 724 Å². The average molecular weight is 1800 g/mol. The van der Waals surface area contributed by atoms with Gasteiger partial charge >= 0.3 is 34.9 Å². The van der Waals surface area contributed by atoms with Crippen molar-refractivity contribution in [2.45, 2.75) is 78.2 Å². The van der Waals surface area contributed by atoms with Crippen molar-refractivity contribution in [3.8, 4) is 68.2 Å². The third-order valence-electron chi connectivity index (χ3n) is 17.4. The smallest absolute Gasteiger partial charge is 0.485 e. The van der Waals surface area contributed by atoms with E-state index in [0.717, 1.165) is 35.3 Å². The molecule has 0 saturated heterocycles. The molecule has 11 rings (SSSR count). The zero-order chi connectivity index (χ0) is 90.8. The number of pyridine rings is 2. The highest BCUT2D eigenvalue weighted by molar-refractivity contribution is 7.86. The highest BCUT2D eigenvalue weighted by Gasteiger charge is 2.38. The molecule has 8 aromatic carbocycles. The minimum Gasteiger partial charge on any atom is -0.741 e. The Kier molecular flexibility index (Phi) is 40.2. The SMILES string of the molecule is CCOC(=O)c1ccc(OCc2cc3c(cc2COc2ccc(C(=O)OCC)cc2)OCCOCCOCCOc2cc(COc4ccc(C(=O)OCC)cc4)c(COc4ccc(C(=O)OCC)cc4)cc2OCCOCCOCCO3)cc1.O=S(=O)([O-])C(F)(F)F.O=S(=O)([O-])C(F)(F)F.c1ccc(-c2cc[n+](CC[n+]3ccc(-c4ccccc4)cc3)cc2)cc1. The molecule has 1 aliphatic heterocycles. The predicted octanol–water partition coefficient (Wildman–Crippen LogP) is 14.4. The van der Waals surface area contributed by atoms with Gasteiger partial charge in [0.1, 0.15) is 75.9 Å². The minimum absolute atomic E-state index is 0.103. The number of halogens is 6. The average Bonchev–Trinajstić information content (AvgIpc) is 0.818. The van der Waals surface area contributed by atoms with Crippen LogP contribution in [-0.2, 0) is 97.6 Å². The number of benzene rings is 8. The normalized spacial score (nSPS) is 13.1. The summed E-state index contributed by atoms with van der Waals surface area (Å²) in [7, 11) is -12.2. The molecule has 0 unspecified atom stereocenters. The summed E-state index contributed by atoms with van der Waals surface area (Å²) in [5.41, 5.74) is -1.75. The van der Waals surface area contributed by atoms with Crippen LogP contribution in [0.4, 0.5) is 26.3 Å². The number of aryl methyl sites for hydroxylation is 2. The number of alkyl halides is 6. The van der Waals surface area contributed by atoms with Crippen LogP contribution in [0, 0.1) is 0 Å². The Bertz CT molecular complexity index is 4710. The lowest BCUT2D eigenvalue weighted by Gasteiger charge is -2.19. The van der Waals surface area contributed by atoms with Crippen molar-refractivity contribution < 1.29 is 156 Å². The van der Waals surface area contributed by atoms with Gasteiger partial charge in [0.15, 0.2) is 68.0 Å². The summed E-state index contributed by atoms with van der Waals surface area (Å²) in [6, 6.07) is 63.7. The lowest BCUT2D eigenvalue weighted by molar-refractivity contribution is -0.778. The summed E-state index contributed by atoms with van der Waals surface area (Å²) in [5.74, 6) is 2.12. The van der Waals surface area contributed by atoms with Crippen LogP contribution in [0.2, 0.25) is 0 Å². The van der Waals surface area contributed by atoms with Gasteiger partial charge in [-0.15, -0.1) is 0 Å². The van der Waals surface area contributed by atoms with Gasteiger partial charge in [-0.2, -0.15) is 35.5 Å². The molecule has 28 nitrogen and oxygen atoms in total. The van der Waals surface area contributed by atoms with Crippen LogP contribution in [0.25, 0.3) is 22.3 Å². The Balaban J connectivity index is 0.000000377. The molecule has 126 heavy (non-hydrogen) atoms. The molecule has 0 amide bonds. The van der Waals surface area contributed by atoms with Crippen molar-refractivity contribution in [2.75, 3.05) is 106 Å². The number of rotatable bonds is 25. The van der Waals surface area contributed by atoms with Crippen LogP contribution < -0.4 is 47.0 Å². The van der Waals surface area contributed by atoms with Gasteiger partial charge < -0.3 is 84.9 Å². The van der Waals surface area contributed by atoms with Crippen molar-refractivity contribution in [1.82, 2.24) is 0 Å². The lowest BCUT2D eigenvalue weighted by Crippen LogP contribution is -2.43. The topological polar surface area (TPSA) is 338 Å². The molecule has 0 spiro atoms. The number of hydrogen-bond donors (Lipinski definition) is 0. The van der Waals surface area contributed by atoms with Gasteiger partial charge in [0.25, 0.3) is 0 Å². The lowest BCUT2D eigenvalue weighted by atomic mass is 10.1. The summed E-state index contributed by atoms with van der Waals surface area (Å²) < 4.78 is 217. The van der Waals surface area contributed by atoms with Crippen LogP contribution in [0.15, 0.2) is 231 Å². The van der Waals surface area contributed by atoms with E-state index in [1.165, 1.54) is 22.3 Å². The number of fused-ring (bicyclic) bond motifs is 2. The predicted molar refractivity (Wildman–Crippen MR) is 441 cm³/mol. The standard InChI is InChI=1S/C64H72O20.C24H22N2.2CHF3O3S/c1-5-73-61(65)45-9-17-53(18-10-45)81-41-49-37-57-58(38-50(49)42-82-54-19-11-46(12-20-54)62(66)74-6-2)78-34-30-70-27-28-72-32-36-80-60-40-52(44-84-56-23-15-48(16-24-56)64(68)76-8-4)51(39-59(60)79-35-31-71-26-25-69-29-33-77-57)43-83-55-21-13-47(14-22-55)63(67)75-7-3;1-3-7-21(8-4-1)23-11-15-25(16-12-23)19-20-26-17-13-24(14-18-26)22-9-5-2-6-10-22;2*2-1(3,4)8(5,6)7/h9-24,37-40H,5-8,25-36,41-44H2,1-4H3;1-18H,19-20H2;2*(H,5,6,7)/q;+2;;/p-2. The molecule has 0 atom stereocenters. The fourth-order valence-corrected chi connectivity index (χ4v) is 11.1. The fourth-order valence-electron chi connectivity index (χ4n) is 11.1. The van der Waals surface area contributed by atoms with Gasteiger partial charge in [-0.05, 0) is 194 Å². The summed E-state index contributed by atoms with van der Waals surface area (Å²) >= 11 is 0. The van der Waals surface area contributed by atoms with E-state index in [2.05, 4.69) is 107 Å². The summed E-state index contributed by atoms with van der Waals surface area (Å²) in [6.45, 7) is 13.0. The first-order valence-corrected chi connectivity index (χ1v) is 42.2. The Morgan fingerprint density at radius 3 is 0.714 bits per heavy atom. The molecule has 0 fully saturated rings. The van der Waals surface area contributed by atoms with E-state index in [1.54, 1.807) is 125 Å². The maximum absolute atomic E-state index is 12.3. The van der Waals surface area contributed by atoms with Gasteiger partial charge in [-0.1, -0.05) is 60.7 Å². The molecule has 3 heterocycles. The minimum atomic E-state index is -6.09. The van der Waals surface area contributed by atoms with E-state index in [9.17, 15) is 45.5 Å². The molecular formula is C90H94F6N2O26S2. The molecule has 10 aromatic rings. The van der Waals surface area contributed by atoms with Crippen LogP contribution in [0.1, 0.15) is 91.4 Å². The molecule has 674 valence electrons. The highest BCUT2D eigenvalue weighted by atomic mass is 32.2. The Hall–Kier alpha value is -12.4. The van der Waals surface area contributed by atoms with Gasteiger partial charge in [-0.3, -0.25) is 0 Å². The second kappa shape index (κ2) is 51.1. The highest BCUT2D eigenvalue weighted by Crippen LogP contribution is 2.36. The van der Waals surface area contributed by atoms with Crippen LogP contribution in [0.5, 0.6) is 46.0 Å². The van der Waals surface area contributed by atoms with Gasteiger partial charge in [0.2, 0.25) is 13.1 Å². The third-order valence-corrected chi connectivity index (χ3v) is 18.6.